The summed E-state index contributed by atoms with van der Waals surface area (Å²) in [6, 6.07) is 12.5. The summed E-state index contributed by atoms with van der Waals surface area (Å²) in [5, 5.41) is 21.4. The maximum Gasteiger partial charge on any atom is 0.346 e. The zero-order chi connectivity index (χ0) is 25.4. The third kappa shape index (κ3) is 4.64. The fourth-order valence-electron chi connectivity index (χ4n) is 3.50. The molecule has 178 valence electrons. The highest BCUT2D eigenvalue weighted by Gasteiger charge is 2.33. The first kappa shape index (κ1) is 24.9. The summed E-state index contributed by atoms with van der Waals surface area (Å²) in [5.41, 5.74) is -0.764. The van der Waals surface area contributed by atoms with Crippen LogP contribution in [0.1, 0.15) is 55.9 Å². The standard InChI is InChI=1S/C25H22F4N2O3/c1-13(14-8-10-16(11-9-14)25(2,3)4)17-7-5-6-15(24(17)32)12-30-22-18(26)20(28)23(31(33)34)21(29)19(22)27/h5-13,32H,1-4H3. The highest BCUT2D eigenvalue weighted by molar-refractivity contribution is 5.86. The van der Waals surface area contributed by atoms with Crippen molar-refractivity contribution in [2.75, 3.05) is 0 Å². The Balaban J connectivity index is 1.98. The Morgan fingerprint density at radius 2 is 1.53 bits per heavy atom. The average molecular weight is 474 g/mol. The molecule has 0 aliphatic rings. The number of nitro benzene ring substituents is 1. The van der Waals surface area contributed by atoms with Gasteiger partial charge in [-0.15, -0.1) is 0 Å². The first-order valence-electron chi connectivity index (χ1n) is 10.3. The highest BCUT2D eigenvalue weighted by Crippen LogP contribution is 2.36. The van der Waals surface area contributed by atoms with Crippen molar-refractivity contribution in [3.05, 3.63) is 98.1 Å². The van der Waals surface area contributed by atoms with Gasteiger partial charge in [0.25, 0.3) is 0 Å². The SMILES string of the molecule is CC(c1ccc(C(C)(C)C)cc1)c1cccc(C=Nc2c(F)c(F)c([N+](=O)[O-])c(F)c2F)c1O. The normalized spacial score (nSPS) is 12.8. The third-order valence-corrected chi connectivity index (χ3v) is 5.57. The van der Waals surface area contributed by atoms with Gasteiger partial charge >= 0.3 is 5.69 Å². The number of aliphatic imine (C=N–C) groups is 1. The van der Waals surface area contributed by atoms with Gasteiger partial charge in [0, 0.05) is 23.3 Å². The summed E-state index contributed by atoms with van der Waals surface area (Å²) in [7, 11) is 0. The molecule has 1 N–H and O–H groups in total. The van der Waals surface area contributed by atoms with Crippen LogP contribution in [0.25, 0.3) is 0 Å². The number of phenols is 1. The van der Waals surface area contributed by atoms with Crippen LogP contribution in [0.3, 0.4) is 0 Å². The molecule has 3 aromatic rings. The van der Waals surface area contributed by atoms with Crippen LogP contribution in [0.4, 0.5) is 28.9 Å². The molecule has 5 nitrogen and oxygen atoms in total. The predicted octanol–water partition coefficient (Wildman–Crippen LogP) is 7.06. The van der Waals surface area contributed by atoms with Gasteiger partial charge in [-0.1, -0.05) is 64.1 Å². The van der Waals surface area contributed by atoms with E-state index in [1.807, 2.05) is 31.2 Å². The van der Waals surface area contributed by atoms with E-state index in [1.54, 1.807) is 12.1 Å². The smallest absolute Gasteiger partial charge is 0.346 e. The number of nitro groups is 1. The number of para-hydroxylation sites is 1. The van der Waals surface area contributed by atoms with Crippen molar-refractivity contribution in [3.63, 3.8) is 0 Å². The molecule has 1 unspecified atom stereocenters. The van der Waals surface area contributed by atoms with Crippen molar-refractivity contribution in [3.8, 4) is 5.75 Å². The van der Waals surface area contributed by atoms with Crippen LogP contribution in [0.5, 0.6) is 5.75 Å². The van der Waals surface area contributed by atoms with Crippen LogP contribution in [-0.2, 0) is 5.41 Å². The van der Waals surface area contributed by atoms with Crippen molar-refractivity contribution < 1.29 is 27.6 Å². The van der Waals surface area contributed by atoms with Gasteiger partial charge in [0.2, 0.25) is 11.6 Å². The van der Waals surface area contributed by atoms with E-state index in [9.17, 15) is 32.8 Å². The summed E-state index contributed by atoms with van der Waals surface area (Å²) in [4.78, 5) is 12.6. The second-order valence-electron chi connectivity index (χ2n) is 8.85. The van der Waals surface area contributed by atoms with Crippen LogP contribution >= 0.6 is 0 Å². The Hall–Kier alpha value is -3.75. The molecule has 9 heteroatoms. The van der Waals surface area contributed by atoms with Crippen molar-refractivity contribution >= 4 is 17.6 Å². The molecule has 1 atom stereocenters. The van der Waals surface area contributed by atoms with Crippen molar-refractivity contribution in [1.82, 2.24) is 0 Å². The van der Waals surface area contributed by atoms with E-state index in [-0.39, 0.29) is 22.6 Å². The molecular formula is C25H22F4N2O3. The van der Waals surface area contributed by atoms with Crippen molar-refractivity contribution in [1.29, 1.82) is 0 Å². The number of hydrogen-bond acceptors (Lipinski definition) is 4. The average Bonchev–Trinajstić information content (AvgIpc) is 2.77. The molecule has 0 aliphatic carbocycles. The lowest BCUT2D eigenvalue weighted by Gasteiger charge is -2.21. The monoisotopic (exact) mass is 474 g/mol. The van der Waals surface area contributed by atoms with E-state index in [1.165, 1.54) is 6.07 Å². The van der Waals surface area contributed by atoms with E-state index in [4.69, 9.17) is 0 Å². The first-order valence-corrected chi connectivity index (χ1v) is 10.3. The molecule has 3 rings (SSSR count). The minimum absolute atomic E-state index is 0.0261. The number of rotatable bonds is 5. The molecule has 0 radical (unpaired) electrons. The molecule has 34 heavy (non-hydrogen) atoms. The molecule has 0 aromatic heterocycles. The molecule has 0 aliphatic heterocycles. The number of hydrogen-bond donors (Lipinski definition) is 1. The van der Waals surface area contributed by atoms with Crippen LogP contribution in [0, 0.1) is 33.4 Å². The van der Waals surface area contributed by atoms with Gasteiger partial charge in [0.05, 0.1) is 4.92 Å². The van der Waals surface area contributed by atoms with Gasteiger partial charge in [0.1, 0.15) is 11.4 Å². The van der Waals surface area contributed by atoms with Gasteiger partial charge in [-0.05, 0) is 22.6 Å². The molecule has 0 fully saturated rings. The first-order chi connectivity index (χ1) is 15.8. The van der Waals surface area contributed by atoms with Gasteiger partial charge in [-0.2, -0.15) is 8.78 Å². The highest BCUT2D eigenvalue weighted by atomic mass is 19.2. The van der Waals surface area contributed by atoms with Crippen LogP contribution < -0.4 is 0 Å². The molecule has 0 heterocycles. The van der Waals surface area contributed by atoms with Crippen LogP contribution in [0.2, 0.25) is 0 Å². The Morgan fingerprint density at radius 1 is 0.971 bits per heavy atom. The molecule has 3 aromatic carbocycles. The minimum Gasteiger partial charge on any atom is -0.507 e. The lowest BCUT2D eigenvalue weighted by molar-refractivity contribution is -0.390. The van der Waals surface area contributed by atoms with Gasteiger partial charge in [0.15, 0.2) is 11.6 Å². The fraction of sp³-hybridized carbons (Fsp3) is 0.240. The molecular weight excluding hydrogens is 452 g/mol. The van der Waals surface area contributed by atoms with Gasteiger partial charge < -0.3 is 5.11 Å². The third-order valence-electron chi connectivity index (χ3n) is 5.57. The summed E-state index contributed by atoms with van der Waals surface area (Å²) >= 11 is 0. The number of nitrogens with zero attached hydrogens (tertiary/aromatic N) is 2. The Labute approximate surface area is 193 Å². The number of halogens is 4. The number of aromatic hydroxyl groups is 1. The Morgan fingerprint density at radius 3 is 2.03 bits per heavy atom. The van der Waals surface area contributed by atoms with E-state index in [0.717, 1.165) is 17.3 Å². The number of benzene rings is 3. The zero-order valence-electron chi connectivity index (χ0n) is 18.9. The topological polar surface area (TPSA) is 75.7 Å². The molecule has 0 bridgehead atoms. The Kier molecular flexibility index (Phi) is 6.77. The molecule has 0 spiro atoms. The molecule has 0 amide bonds. The molecule has 0 saturated carbocycles. The quantitative estimate of drug-likeness (QED) is 0.141. The number of phenolic OH excluding ortho intramolecular Hbond substituents is 1. The van der Waals surface area contributed by atoms with E-state index in [0.29, 0.717) is 5.56 Å². The van der Waals surface area contributed by atoms with Gasteiger partial charge in [-0.25, -0.2) is 13.8 Å². The summed E-state index contributed by atoms with van der Waals surface area (Å²) in [5.74, 6) is -8.84. The van der Waals surface area contributed by atoms with E-state index in [2.05, 4.69) is 25.8 Å². The zero-order valence-corrected chi connectivity index (χ0v) is 18.9. The maximum absolute atomic E-state index is 14.1. The summed E-state index contributed by atoms with van der Waals surface area (Å²) in [6.07, 6.45) is 0.834. The Bertz CT molecular complexity index is 1250. The van der Waals surface area contributed by atoms with E-state index >= 15 is 0 Å². The van der Waals surface area contributed by atoms with E-state index < -0.39 is 39.6 Å². The van der Waals surface area contributed by atoms with Crippen LogP contribution in [0.15, 0.2) is 47.5 Å². The maximum atomic E-state index is 14.1. The second kappa shape index (κ2) is 9.24. The lowest BCUT2D eigenvalue weighted by atomic mass is 9.84. The largest absolute Gasteiger partial charge is 0.507 e. The minimum atomic E-state index is -2.17. The van der Waals surface area contributed by atoms with Crippen molar-refractivity contribution in [2.45, 2.75) is 39.0 Å². The van der Waals surface area contributed by atoms with Gasteiger partial charge in [-0.3, -0.25) is 10.1 Å². The lowest BCUT2D eigenvalue weighted by Crippen LogP contribution is -2.11. The van der Waals surface area contributed by atoms with Crippen molar-refractivity contribution in [2.24, 2.45) is 4.99 Å². The fourth-order valence-corrected chi connectivity index (χ4v) is 3.50. The van der Waals surface area contributed by atoms with Crippen LogP contribution in [-0.4, -0.2) is 16.2 Å². The second-order valence-corrected chi connectivity index (χ2v) is 8.85. The predicted molar refractivity (Wildman–Crippen MR) is 121 cm³/mol. The summed E-state index contributed by atoms with van der Waals surface area (Å²) in [6.45, 7) is 8.14. The summed E-state index contributed by atoms with van der Waals surface area (Å²) < 4.78 is 56.0. The molecule has 0 saturated heterocycles.